The molecule has 0 fully saturated rings. The second kappa shape index (κ2) is 4.57. The van der Waals surface area contributed by atoms with E-state index in [1.54, 1.807) is 19.5 Å². The van der Waals surface area contributed by atoms with Crippen LogP contribution in [0.25, 0.3) is 21.9 Å². The molecule has 3 rings (SSSR count). The van der Waals surface area contributed by atoms with Gasteiger partial charge in [-0.15, -0.1) is 0 Å². The first-order valence-corrected chi connectivity index (χ1v) is 5.89. The summed E-state index contributed by atoms with van der Waals surface area (Å²) < 4.78 is 5.20. The number of fused-ring (bicyclic) bond motifs is 1. The topological polar surface area (TPSA) is 55.0 Å². The Kier molecular flexibility index (Phi) is 2.76. The van der Waals surface area contributed by atoms with Crippen molar-refractivity contribution in [2.45, 2.75) is 0 Å². The number of methoxy groups -OCH3 is 1. The van der Waals surface area contributed by atoms with Crippen LogP contribution in [0.2, 0.25) is 0 Å². The van der Waals surface area contributed by atoms with Crippen molar-refractivity contribution in [2.24, 2.45) is 0 Å². The molecule has 4 heteroatoms. The maximum atomic E-state index is 11.0. The fourth-order valence-electron chi connectivity index (χ4n) is 2.03. The first-order chi connectivity index (χ1) is 9.26. The summed E-state index contributed by atoms with van der Waals surface area (Å²) in [5.41, 5.74) is 1.56. The van der Waals surface area contributed by atoms with E-state index in [-0.39, 0.29) is 5.69 Å². The van der Waals surface area contributed by atoms with Crippen LogP contribution in [0.5, 0.6) is 5.75 Å². The third kappa shape index (κ3) is 2.20. The van der Waals surface area contributed by atoms with Gasteiger partial charge in [0.1, 0.15) is 5.75 Å². The Morgan fingerprint density at radius 3 is 2.58 bits per heavy atom. The molecule has 0 unspecified atom stereocenters. The summed E-state index contributed by atoms with van der Waals surface area (Å²) in [6, 6.07) is 12.0. The largest absolute Gasteiger partial charge is 0.497 e. The molecule has 19 heavy (non-hydrogen) atoms. The molecule has 1 aromatic heterocycles. The number of nitrogens with one attached hydrogen (secondary N) is 1. The van der Waals surface area contributed by atoms with Crippen LogP contribution in [-0.2, 0) is 0 Å². The minimum Gasteiger partial charge on any atom is -0.497 e. The van der Waals surface area contributed by atoms with Crippen LogP contribution in [0.4, 0.5) is 0 Å². The number of H-pyrrole nitrogens is 1. The van der Waals surface area contributed by atoms with Crippen molar-refractivity contribution in [3.63, 3.8) is 0 Å². The number of rotatable bonds is 2. The van der Waals surface area contributed by atoms with Gasteiger partial charge in [0.25, 0.3) is 0 Å². The van der Waals surface area contributed by atoms with Gasteiger partial charge >= 0.3 is 5.69 Å². The maximum absolute atomic E-state index is 11.0. The monoisotopic (exact) mass is 252 g/mol. The first kappa shape index (κ1) is 11.5. The van der Waals surface area contributed by atoms with E-state index < -0.39 is 0 Å². The molecule has 0 aliphatic carbocycles. The molecule has 0 aliphatic heterocycles. The Morgan fingerprint density at radius 1 is 1.05 bits per heavy atom. The predicted octanol–water partition coefficient (Wildman–Crippen LogP) is 2.60. The summed E-state index contributed by atoms with van der Waals surface area (Å²) in [6.45, 7) is 0. The fraction of sp³-hybridized carbons (Fsp3) is 0.0667. The van der Waals surface area contributed by atoms with Gasteiger partial charge in [-0.25, -0.2) is 9.78 Å². The standard InChI is InChI=1S/C15H12N2O2/c1-19-14-5-4-10-6-11(2-3-12(10)7-14)13-8-16-15(18)17-9-13/h2-9H,1H3,(H,16,17,18). The molecule has 3 aromatic rings. The minimum atomic E-state index is -0.339. The molecule has 0 aliphatic rings. The number of nitrogens with zero attached hydrogens (tertiary/aromatic N) is 1. The Labute approximate surface area is 109 Å². The molecule has 0 atom stereocenters. The van der Waals surface area contributed by atoms with Crippen LogP contribution < -0.4 is 10.4 Å². The van der Waals surface area contributed by atoms with Crippen LogP contribution in [0.15, 0.2) is 53.6 Å². The van der Waals surface area contributed by atoms with Crippen molar-refractivity contribution in [2.75, 3.05) is 7.11 Å². The van der Waals surface area contributed by atoms with E-state index in [9.17, 15) is 4.79 Å². The molecule has 0 spiro atoms. The summed E-state index contributed by atoms with van der Waals surface area (Å²) in [5.74, 6) is 0.839. The third-order valence-electron chi connectivity index (χ3n) is 3.05. The SMILES string of the molecule is COc1ccc2cc(-c3cnc(=O)[nH]c3)ccc2c1. The number of hydrogen-bond donors (Lipinski definition) is 1. The van der Waals surface area contributed by atoms with Gasteiger partial charge in [0, 0.05) is 18.0 Å². The van der Waals surface area contributed by atoms with Gasteiger partial charge < -0.3 is 9.72 Å². The van der Waals surface area contributed by atoms with Crippen LogP contribution in [0, 0.1) is 0 Å². The summed E-state index contributed by atoms with van der Waals surface area (Å²) in [7, 11) is 1.65. The van der Waals surface area contributed by atoms with Crippen LogP contribution in [0.1, 0.15) is 0 Å². The lowest BCUT2D eigenvalue weighted by Gasteiger charge is -2.05. The molecule has 0 saturated carbocycles. The number of hydrogen-bond acceptors (Lipinski definition) is 3. The lowest BCUT2D eigenvalue weighted by molar-refractivity contribution is 0.415. The molecule has 4 nitrogen and oxygen atoms in total. The maximum Gasteiger partial charge on any atom is 0.344 e. The lowest BCUT2D eigenvalue weighted by atomic mass is 10.0. The molecule has 2 aromatic carbocycles. The minimum absolute atomic E-state index is 0.339. The fourth-order valence-corrected chi connectivity index (χ4v) is 2.03. The molecule has 0 radical (unpaired) electrons. The number of ether oxygens (including phenoxy) is 1. The van der Waals surface area contributed by atoms with Crippen molar-refractivity contribution in [1.29, 1.82) is 0 Å². The zero-order valence-electron chi connectivity index (χ0n) is 10.4. The highest BCUT2D eigenvalue weighted by Gasteiger charge is 2.01. The second-order valence-electron chi connectivity index (χ2n) is 4.24. The number of benzene rings is 2. The predicted molar refractivity (Wildman–Crippen MR) is 74.4 cm³/mol. The van der Waals surface area contributed by atoms with Crippen molar-refractivity contribution < 1.29 is 4.74 Å². The van der Waals surface area contributed by atoms with Gasteiger partial charge in [0.05, 0.1) is 7.11 Å². The van der Waals surface area contributed by atoms with Crippen molar-refractivity contribution in [1.82, 2.24) is 9.97 Å². The zero-order valence-corrected chi connectivity index (χ0v) is 10.4. The second-order valence-corrected chi connectivity index (χ2v) is 4.24. The number of aromatic nitrogens is 2. The Bertz CT molecular complexity index is 773. The summed E-state index contributed by atoms with van der Waals surface area (Å²) in [4.78, 5) is 17.3. The van der Waals surface area contributed by atoms with E-state index in [1.165, 1.54) is 0 Å². The first-order valence-electron chi connectivity index (χ1n) is 5.89. The zero-order chi connectivity index (χ0) is 13.2. The van der Waals surface area contributed by atoms with E-state index in [4.69, 9.17) is 4.74 Å². The van der Waals surface area contributed by atoms with Crippen molar-refractivity contribution >= 4 is 10.8 Å². The summed E-state index contributed by atoms with van der Waals surface area (Å²) >= 11 is 0. The van der Waals surface area contributed by atoms with E-state index in [2.05, 4.69) is 16.0 Å². The highest BCUT2D eigenvalue weighted by Crippen LogP contribution is 2.25. The molecule has 0 bridgehead atoms. The van der Waals surface area contributed by atoms with Gasteiger partial charge in [-0.05, 0) is 34.5 Å². The van der Waals surface area contributed by atoms with E-state index in [1.807, 2.05) is 30.3 Å². The van der Waals surface area contributed by atoms with E-state index >= 15 is 0 Å². The Morgan fingerprint density at radius 2 is 1.84 bits per heavy atom. The van der Waals surface area contributed by atoms with Crippen molar-refractivity contribution in [3.05, 3.63) is 59.3 Å². The summed E-state index contributed by atoms with van der Waals surface area (Å²) in [6.07, 6.45) is 3.24. The van der Waals surface area contributed by atoms with E-state index in [0.29, 0.717) is 0 Å². The van der Waals surface area contributed by atoms with Crippen molar-refractivity contribution in [3.8, 4) is 16.9 Å². The molecule has 0 saturated heterocycles. The molecule has 94 valence electrons. The van der Waals surface area contributed by atoms with Gasteiger partial charge in [0.15, 0.2) is 0 Å². The van der Waals surface area contributed by atoms with Crippen LogP contribution >= 0.6 is 0 Å². The Balaban J connectivity index is 2.11. The van der Waals surface area contributed by atoms with Crippen LogP contribution in [-0.4, -0.2) is 17.1 Å². The highest BCUT2D eigenvalue weighted by atomic mass is 16.5. The number of aromatic amines is 1. The molecule has 0 amide bonds. The average Bonchev–Trinajstić information content (AvgIpc) is 2.47. The van der Waals surface area contributed by atoms with Gasteiger partial charge in [-0.3, -0.25) is 0 Å². The quantitative estimate of drug-likeness (QED) is 0.762. The smallest absolute Gasteiger partial charge is 0.344 e. The third-order valence-corrected chi connectivity index (χ3v) is 3.05. The average molecular weight is 252 g/mol. The lowest BCUT2D eigenvalue weighted by Crippen LogP contribution is -2.07. The van der Waals surface area contributed by atoms with Gasteiger partial charge in [0.2, 0.25) is 0 Å². The van der Waals surface area contributed by atoms with Gasteiger partial charge in [-0.2, -0.15) is 0 Å². The van der Waals surface area contributed by atoms with E-state index in [0.717, 1.165) is 27.6 Å². The van der Waals surface area contributed by atoms with Crippen LogP contribution in [0.3, 0.4) is 0 Å². The highest BCUT2D eigenvalue weighted by molar-refractivity contribution is 5.88. The Hall–Kier alpha value is -2.62. The molecule has 1 heterocycles. The molecular weight excluding hydrogens is 240 g/mol. The summed E-state index contributed by atoms with van der Waals surface area (Å²) in [5, 5.41) is 2.23. The molecule has 1 N–H and O–H groups in total. The molecular formula is C15H12N2O2. The van der Waals surface area contributed by atoms with Gasteiger partial charge in [-0.1, -0.05) is 18.2 Å². The normalized spacial score (nSPS) is 10.6.